The van der Waals surface area contributed by atoms with Gasteiger partial charge >= 0.3 is 6.09 Å². The number of carbonyl (C=O) groups excluding carboxylic acids is 1. The van der Waals surface area contributed by atoms with E-state index in [0.717, 1.165) is 6.42 Å². The first-order valence-corrected chi connectivity index (χ1v) is 2.68. The van der Waals surface area contributed by atoms with Crippen molar-refractivity contribution in [1.29, 1.82) is 0 Å². The molecule has 0 rings (SSSR count). The van der Waals surface area contributed by atoms with E-state index in [9.17, 15) is 4.79 Å². The Morgan fingerprint density at radius 1 is 1.88 bits per heavy atom. The molecule has 46 valence electrons. The molecule has 3 nitrogen and oxygen atoms in total. The van der Waals surface area contributed by atoms with Crippen molar-refractivity contribution < 1.29 is 9.53 Å². The molecule has 0 heterocycles. The quantitative estimate of drug-likeness (QED) is 0.569. The van der Waals surface area contributed by atoms with Crippen LogP contribution in [0.2, 0.25) is 0 Å². The predicted molar refractivity (Wildman–Crippen MR) is 31.4 cm³/mol. The second-order valence-corrected chi connectivity index (χ2v) is 1.39. The van der Waals surface area contributed by atoms with E-state index in [-0.39, 0.29) is 0 Å². The summed E-state index contributed by atoms with van der Waals surface area (Å²) in [4.78, 5) is 10.1. The minimum atomic E-state index is -0.665. The number of nitrogens with zero attached hydrogens (tertiary/aromatic N) is 1. The number of hydrogen-bond acceptors (Lipinski definition) is 3. The molecule has 0 aromatic carbocycles. The normalized spacial score (nSPS) is 8.12. The highest BCUT2D eigenvalue weighted by Gasteiger charge is 1.92. The van der Waals surface area contributed by atoms with Crippen molar-refractivity contribution in [2.24, 2.45) is 4.36 Å². The molecule has 0 saturated carbocycles. The summed E-state index contributed by atoms with van der Waals surface area (Å²) in [5, 5.41) is 0. The van der Waals surface area contributed by atoms with Gasteiger partial charge in [-0.1, -0.05) is 6.92 Å². The Bertz CT molecular complexity index is 94.0. The van der Waals surface area contributed by atoms with Gasteiger partial charge in [0.25, 0.3) is 0 Å². The van der Waals surface area contributed by atoms with Gasteiger partial charge in [-0.25, -0.2) is 4.79 Å². The fourth-order valence-corrected chi connectivity index (χ4v) is 0.268. The third-order valence-corrected chi connectivity index (χ3v) is 0.653. The maximum Gasteiger partial charge on any atom is 0.445 e. The first kappa shape index (κ1) is 7.49. The Balaban J connectivity index is 3.11. The van der Waals surface area contributed by atoms with E-state index < -0.39 is 6.09 Å². The van der Waals surface area contributed by atoms with Crippen molar-refractivity contribution in [1.82, 2.24) is 0 Å². The van der Waals surface area contributed by atoms with Gasteiger partial charge in [-0.05, 0) is 6.42 Å². The third kappa shape index (κ3) is 3.67. The SMILES string of the molecule is CCCOC(=O)N=S. The van der Waals surface area contributed by atoms with Crippen LogP contribution in [0.25, 0.3) is 0 Å². The first-order chi connectivity index (χ1) is 3.81. The van der Waals surface area contributed by atoms with E-state index in [4.69, 9.17) is 0 Å². The maximum atomic E-state index is 10.1. The van der Waals surface area contributed by atoms with E-state index in [2.05, 4.69) is 21.5 Å². The Kier molecular flexibility index (Phi) is 4.35. The van der Waals surface area contributed by atoms with E-state index >= 15 is 0 Å². The van der Waals surface area contributed by atoms with Crippen LogP contribution in [0.3, 0.4) is 0 Å². The van der Waals surface area contributed by atoms with Crippen LogP contribution in [0.5, 0.6) is 0 Å². The summed E-state index contributed by atoms with van der Waals surface area (Å²) in [6.07, 6.45) is 0.137. The summed E-state index contributed by atoms with van der Waals surface area (Å²) in [7, 11) is 0. The summed E-state index contributed by atoms with van der Waals surface area (Å²) in [5.41, 5.74) is 0. The number of amides is 1. The Morgan fingerprint density at radius 3 is 2.88 bits per heavy atom. The van der Waals surface area contributed by atoms with Gasteiger partial charge < -0.3 is 4.74 Å². The monoisotopic (exact) mass is 133 g/mol. The predicted octanol–water partition coefficient (Wildman–Crippen LogP) is 1.26. The van der Waals surface area contributed by atoms with E-state index in [1.54, 1.807) is 0 Å². The number of ether oxygens (including phenoxy) is 1. The summed E-state index contributed by atoms with van der Waals surface area (Å²) in [6, 6.07) is 0. The molecule has 1 amide bonds. The highest BCUT2D eigenvalue weighted by molar-refractivity contribution is 7.47. The van der Waals surface area contributed by atoms with Gasteiger partial charge in [0.1, 0.15) is 0 Å². The van der Waals surface area contributed by atoms with Crippen LogP contribution in [0, 0.1) is 0 Å². The largest absolute Gasteiger partial charge is 0.447 e. The van der Waals surface area contributed by atoms with Crippen molar-refractivity contribution >= 4 is 18.5 Å². The van der Waals surface area contributed by atoms with Crippen LogP contribution in [0.15, 0.2) is 4.36 Å². The average molecular weight is 133 g/mol. The van der Waals surface area contributed by atoms with Crippen LogP contribution in [0.1, 0.15) is 13.3 Å². The van der Waals surface area contributed by atoms with Crippen molar-refractivity contribution in [2.45, 2.75) is 13.3 Å². The average Bonchev–Trinajstić information content (AvgIpc) is 1.83. The number of carbonyl (C=O) groups is 1. The van der Waals surface area contributed by atoms with Gasteiger partial charge in [0.15, 0.2) is 0 Å². The number of rotatable bonds is 2. The van der Waals surface area contributed by atoms with Crippen LogP contribution < -0.4 is 0 Å². The van der Waals surface area contributed by atoms with Crippen LogP contribution >= 0.6 is 0 Å². The van der Waals surface area contributed by atoms with Gasteiger partial charge in [-0.3, -0.25) is 0 Å². The molecule has 0 aromatic rings. The molecule has 0 N–H and O–H groups in total. The van der Waals surface area contributed by atoms with Crippen molar-refractivity contribution in [3.05, 3.63) is 0 Å². The molecule has 4 heteroatoms. The zero-order valence-corrected chi connectivity index (χ0v) is 5.40. The summed E-state index contributed by atoms with van der Waals surface area (Å²) >= 11 is 4.04. The zero-order chi connectivity index (χ0) is 6.41. The molecular weight excluding hydrogens is 126 g/mol. The zero-order valence-electron chi connectivity index (χ0n) is 4.59. The van der Waals surface area contributed by atoms with Crippen LogP contribution in [-0.4, -0.2) is 12.7 Å². The second kappa shape index (κ2) is 4.64. The Labute approximate surface area is 53.2 Å². The van der Waals surface area contributed by atoms with E-state index in [1.165, 1.54) is 0 Å². The Morgan fingerprint density at radius 2 is 2.50 bits per heavy atom. The molecule has 0 aliphatic rings. The van der Waals surface area contributed by atoms with Gasteiger partial charge in [0, 0.05) is 12.4 Å². The molecule has 0 aromatic heterocycles. The van der Waals surface area contributed by atoms with Gasteiger partial charge in [0.2, 0.25) is 0 Å². The fraction of sp³-hybridized carbons (Fsp3) is 0.750. The van der Waals surface area contributed by atoms with Gasteiger partial charge in [0.05, 0.1) is 6.61 Å². The first-order valence-electron chi connectivity index (χ1n) is 2.31. The lowest BCUT2D eigenvalue weighted by molar-refractivity contribution is 0.158. The third-order valence-electron chi connectivity index (χ3n) is 0.504. The highest BCUT2D eigenvalue weighted by Crippen LogP contribution is 1.83. The fourth-order valence-electron chi connectivity index (χ4n) is 0.216. The smallest absolute Gasteiger partial charge is 0.445 e. The lowest BCUT2D eigenvalue weighted by atomic mass is 10.5. The van der Waals surface area contributed by atoms with Crippen molar-refractivity contribution in [2.75, 3.05) is 6.61 Å². The molecule has 0 aliphatic heterocycles. The molecule has 0 bridgehead atoms. The van der Waals surface area contributed by atoms with Crippen molar-refractivity contribution in [3.63, 3.8) is 0 Å². The minimum absolute atomic E-state index is 0.402. The maximum absolute atomic E-state index is 10.1. The molecular formula is C4H7NO2S. The molecule has 0 atom stereocenters. The standard InChI is InChI=1S/C4H7NO2S/c1-2-3-7-4(6)5-8/h2-3H2,1H3. The summed E-state index contributed by atoms with van der Waals surface area (Å²) in [5.74, 6) is 0. The molecule has 0 saturated heterocycles. The molecule has 0 aliphatic carbocycles. The molecule has 8 heavy (non-hydrogen) atoms. The lowest BCUT2D eigenvalue weighted by Gasteiger charge is -1.92. The van der Waals surface area contributed by atoms with Gasteiger partial charge in [-0.15, -0.1) is 4.36 Å². The van der Waals surface area contributed by atoms with Crippen LogP contribution in [-0.2, 0) is 17.2 Å². The van der Waals surface area contributed by atoms with Gasteiger partial charge in [-0.2, -0.15) is 0 Å². The van der Waals surface area contributed by atoms with Crippen molar-refractivity contribution in [3.8, 4) is 0 Å². The molecule has 0 unspecified atom stereocenters. The molecule has 0 fully saturated rings. The van der Waals surface area contributed by atoms with Crippen LogP contribution in [0.4, 0.5) is 4.79 Å². The summed E-state index contributed by atoms with van der Waals surface area (Å²) < 4.78 is 7.28. The Hall–Kier alpha value is -0.510. The molecule has 0 spiro atoms. The molecule has 0 radical (unpaired) electrons. The topological polar surface area (TPSA) is 38.7 Å². The minimum Gasteiger partial charge on any atom is -0.447 e. The number of hydrogen-bond donors (Lipinski definition) is 0. The van der Waals surface area contributed by atoms with E-state index in [1.807, 2.05) is 6.92 Å². The van der Waals surface area contributed by atoms with E-state index in [0.29, 0.717) is 6.61 Å². The highest BCUT2D eigenvalue weighted by atomic mass is 32.1. The second-order valence-electron chi connectivity index (χ2n) is 1.21. The summed E-state index contributed by atoms with van der Waals surface area (Å²) in [6.45, 7) is 2.30. The lowest BCUT2D eigenvalue weighted by Crippen LogP contribution is -1.97.